The molecule has 0 atom stereocenters. The Morgan fingerprint density at radius 1 is 0.962 bits per heavy atom. The zero-order valence-electron chi connectivity index (χ0n) is 14.6. The van der Waals surface area contributed by atoms with E-state index in [0.717, 1.165) is 11.1 Å². The summed E-state index contributed by atoms with van der Waals surface area (Å²) in [6.07, 6.45) is 1.66. The van der Waals surface area contributed by atoms with Crippen LogP contribution in [0.25, 0.3) is 11.6 Å². The minimum absolute atomic E-state index is 0.234. The average Bonchev–Trinajstić information content (AvgIpc) is 2.65. The van der Waals surface area contributed by atoms with Crippen LogP contribution in [0.3, 0.4) is 0 Å². The van der Waals surface area contributed by atoms with Gasteiger partial charge in [0, 0.05) is 5.56 Å². The first-order chi connectivity index (χ1) is 12.6. The second-order valence-corrected chi connectivity index (χ2v) is 6.04. The summed E-state index contributed by atoms with van der Waals surface area (Å²) >= 11 is 0. The molecule has 0 unspecified atom stereocenters. The lowest BCUT2D eigenvalue weighted by atomic mass is 10.0. The molecule has 0 spiro atoms. The number of carboxylic acid groups (broad SMARTS) is 1. The van der Waals surface area contributed by atoms with Crippen molar-refractivity contribution >= 4 is 17.6 Å². The number of benzene rings is 3. The van der Waals surface area contributed by atoms with Crippen LogP contribution in [0.4, 0.5) is 0 Å². The molecule has 3 heteroatoms. The van der Waals surface area contributed by atoms with Crippen LogP contribution in [-0.2, 0) is 11.4 Å². The third kappa shape index (κ3) is 4.39. The lowest BCUT2D eigenvalue weighted by Gasteiger charge is -2.11. The summed E-state index contributed by atoms with van der Waals surface area (Å²) in [5.41, 5.74) is 3.88. The molecule has 26 heavy (non-hydrogen) atoms. The topological polar surface area (TPSA) is 46.5 Å². The van der Waals surface area contributed by atoms with Crippen molar-refractivity contribution < 1.29 is 14.6 Å². The van der Waals surface area contributed by atoms with E-state index >= 15 is 0 Å². The Labute approximate surface area is 153 Å². The van der Waals surface area contributed by atoms with Crippen molar-refractivity contribution in [2.45, 2.75) is 13.5 Å². The standard InChI is InChI=1S/C23H20O3/c1-17-8-7-9-18(14-17)16-26-22-13-6-5-12-20(22)15-21(23(24)25)19-10-3-2-4-11-19/h2-15H,16H2,1H3,(H,24,25)/b21-15-. The normalized spacial score (nSPS) is 11.2. The van der Waals surface area contributed by atoms with Gasteiger partial charge in [-0.05, 0) is 30.2 Å². The van der Waals surface area contributed by atoms with Gasteiger partial charge in [0.15, 0.2) is 0 Å². The predicted molar refractivity (Wildman–Crippen MR) is 104 cm³/mol. The van der Waals surface area contributed by atoms with Crippen molar-refractivity contribution in [1.29, 1.82) is 0 Å². The van der Waals surface area contributed by atoms with Crippen LogP contribution in [0.1, 0.15) is 22.3 Å². The maximum Gasteiger partial charge on any atom is 0.336 e. The summed E-state index contributed by atoms with van der Waals surface area (Å²) in [5.74, 6) is -0.312. The predicted octanol–water partition coefficient (Wildman–Crippen LogP) is 5.20. The molecule has 3 rings (SSSR count). The second-order valence-electron chi connectivity index (χ2n) is 6.04. The third-order valence-corrected chi connectivity index (χ3v) is 4.01. The fourth-order valence-electron chi connectivity index (χ4n) is 2.74. The highest BCUT2D eigenvalue weighted by atomic mass is 16.5. The van der Waals surface area contributed by atoms with Crippen molar-refractivity contribution in [2.75, 3.05) is 0 Å². The lowest BCUT2D eigenvalue weighted by molar-refractivity contribution is -0.130. The van der Waals surface area contributed by atoms with E-state index in [0.29, 0.717) is 17.9 Å². The number of para-hydroxylation sites is 1. The van der Waals surface area contributed by atoms with Crippen LogP contribution in [0.5, 0.6) is 5.75 Å². The molecule has 1 N–H and O–H groups in total. The third-order valence-electron chi connectivity index (χ3n) is 4.01. The van der Waals surface area contributed by atoms with Gasteiger partial charge >= 0.3 is 5.97 Å². The minimum Gasteiger partial charge on any atom is -0.488 e. The highest BCUT2D eigenvalue weighted by Gasteiger charge is 2.12. The molecule has 0 fully saturated rings. The molecule has 3 nitrogen and oxygen atoms in total. The fraction of sp³-hybridized carbons (Fsp3) is 0.0870. The van der Waals surface area contributed by atoms with E-state index in [9.17, 15) is 9.90 Å². The van der Waals surface area contributed by atoms with Gasteiger partial charge in [-0.3, -0.25) is 0 Å². The van der Waals surface area contributed by atoms with Crippen molar-refractivity contribution in [3.05, 3.63) is 101 Å². The summed E-state index contributed by atoms with van der Waals surface area (Å²) in [6, 6.07) is 24.7. The number of hydrogen-bond acceptors (Lipinski definition) is 2. The van der Waals surface area contributed by atoms with E-state index in [2.05, 4.69) is 6.07 Å². The van der Waals surface area contributed by atoms with Crippen LogP contribution in [0.15, 0.2) is 78.9 Å². The SMILES string of the molecule is Cc1cccc(COc2ccccc2/C=C(\C(=O)O)c2ccccc2)c1. The second kappa shape index (κ2) is 8.17. The number of ether oxygens (including phenoxy) is 1. The molecule has 0 aromatic heterocycles. The number of aliphatic carboxylic acids is 1. The Bertz CT molecular complexity index is 927. The van der Waals surface area contributed by atoms with Crippen molar-refractivity contribution in [3.63, 3.8) is 0 Å². The molecule has 130 valence electrons. The van der Waals surface area contributed by atoms with Crippen molar-refractivity contribution in [1.82, 2.24) is 0 Å². The maximum atomic E-state index is 11.7. The largest absolute Gasteiger partial charge is 0.488 e. The Balaban J connectivity index is 1.89. The molecular formula is C23H20O3. The van der Waals surface area contributed by atoms with Crippen LogP contribution in [0.2, 0.25) is 0 Å². The zero-order valence-corrected chi connectivity index (χ0v) is 14.6. The van der Waals surface area contributed by atoms with Gasteiger partial charge in [0.1, 0.15) is 12.4 Å². The molecule has 0 aliphatic rings. The van der Waals surface area contributed by atoms with Gasteiger partial charge in [-0.1, -0.05) is 78.4 Å². The van der Waals surface area contributed by atoms with E-state index < -0.39 is 5.97 Å². The summed E-state index contributed by atoms with van der Waals surface area (Å²) in [5, 5.41) is 9.61. The molecule has 0 aliphatic heterocycles. The molecule has 0 heterocycles. The number of aryl methyl sites for hydroxylation is 1. The van der Waals surface area contributed by atoms with Crippen LogP contribution >= 0.6 is 0 Å². The fourth-order valence-corrected chi connectivity index (χ4v) is 2.74. The lowest BCUT2D eigenvalue weighted by Crippen LogP contribution is -2.01. The molecule has 0 bridgehead atoms. The van der Waals surface area contributed by atoms with E-state index in [4.69, 9.17) is 4.74 Å². The molecule has 0 saturated heterocycles. The number of carbonyl (C=O) groups is 1. The average molecular weight is 344 g/mol. The Kier molecular flexibility index (Phi) is 5.49. The molecule has 0 saturated carbocycles. The number of carboxylic acids is 1. The van der Waals surface area contributed by atoms with E-state index in [1.807, 2.05) is 67.6 Å². The van der Waals surface area contributed by atoms with Gasteiger partial charge in [0.25, 0.3) is 0 Å². The van der Waals surface area contributed by atoms with Crippen LogP contribution < -0.4 is 4.74 Å². The van der Waals surface area contributed by atoms with E-state index in [1.165, 1.54) is 5.56 Å². The molecule has 3 aromatic rings. The zero-order chi connectivity index (χ0) is 18.4. The van der Waals surface area contributed by atoms with Gasteiger partial charge in [-0.25, -0.2) is 4.79 Å². The van der Waals surface area contributed by atoms with Gasteiger partial charge in [0.05, 0.1) is 5.57 Å². The first kappa shape index (κ1) is 17.5. The Morgan fingerprint density at radius 3 is 2.42 bits per heavy atom. The number of hydrogen-bond donors (Lipinski definition) is 1. The summed E-state index contributed by atoms with van der Waals surface area (Å²) in [7, 11) is 0. The first-order valence-electron chi connectivity index (χ1n) is 8.41. The molecular weight excluding hydrogens is 324 g/mol. The summed E-state index contributed by atoms with van der Waals surface area (Å²) < 4.78 is 5.96. The minimum atomic E-state index is -0.968. The van der Waals surface area contributed by atoms with Gasteiger partial charge in [0.2, 0.25) is 0 Å². The van der Waals surface area contributed by atoms with Crippen molar-refractivity contribution in [2.24, 2.45) is 0 Å². The summed E-state index contributed by atoms with van der Waals surface area (Å²) in [4.78, 5) is 11.7. The maximum absolute atomic E-state index is 11.7. The summed E-state index contributed by atoms with van der Waals surface area (Å²) in [6.45, 7) is 2.47. The first-order valence-corrected chi connectivity index (χ1v) is 8.41. The quantitative estimate of drug-likeness (QED) is 0.494. The Morgan fingerprint density at radius 2 is 1.69 bits per heavy atom. The van der Waals surface area contributed by atoms with Crippen LogP contribution in [0, 0.1) is 6.92 Å². The van der Waals surface area contributed by atoms with Crippen LogP contribution in [-0.4, -0.2) is 11.1 Å². The Hall–Kier alpha value is -3.33. The van der Waals surface area contributed by atoms with Gasteiger partial charge in [-0.15, -0.1) is 0 Å². The van der Waals surface area contributed by atoms with Gasteiger partial charge < -0.3 is 9.84 Å². The van der Waals surface area contributed by atoms with E-state index in [1.54, 1.807) is 18.2 Å². The molecule has 0 amide bonds. The highest BCUT2D eigenvalue weighted by molar-refractivity contribution is 6.20. The highest BCUT2D eigenvalue weighted by Crippen LogP contribution is 2.26. The molecule has 0 radical (unpaired) electrons. The molecule has 3 aromatic carbocycles. The monoisotopic (exact) mass is 344 g/mol. The van der Waals surface area contributed by atoms with E-state index in [-0.39, 0.29) is 5.57 Å². The molecule has 0 aliphatic carbocycles. The van der Waals surface area contributed by atoms with Crippen molar-refractivity contribution in [3.8, 4) is 5.75 Å². The number of rotatable bonds is 6. The van der Waals surface area contributed by atoms with Gasteiger partial charge in [-0.2, -0.15) is 0 Å². The smallest absolute Gasteiger partial charge is 0.336 e.